The lowest BCUT2D eigenvalue weighted by molar-refractivity contribution is 0.101. The molecule has 0 atom stereocenters. The molecule has 5 nitrogen and oxygen atoms in total. The molecule has 164 valence electrons. The van der Waals surface area contributed by atoms with Crippen molar-refractivity contribution in [3.63, 3.8) is 0 Å². The minimum Gasteiger partial charge on any atom is -0.471 e. The Hall–Kier alpha value is -3.43. The van der Waals surface area contributed by atoms with E-state index in [1.54, 1.807) is 17.4 Å². The van der Waals surface area contributed by atoms with Gasteiger partial charge in [0.1, 0.15) is 11.4 Å². The van der Waals surface area contributed by atoms with E-state index in [0.29, 0.717) is 5.75 Å². The SMILES string of the molecule is CC(C)(C)c1ccc(OCn2ccc(C(=O)Nc3c(F)c(F)c(F)c(F)c3F)n2)cc1. The van der Waals surface area contributed by atoms with Crippen molar-refractivity contribution in [3.8, 4) is 5.75 Å². The average molecular weight is 439 g/mol. The highest BCUT2D eigenvalue weighted by Gasteiger charge is 2.27. The zero-order valence-corrected chi connectivity index (χ0v) is 16.8. The molecule has 0 fully saturated rings. The number of anilines is 1. The Labute approximate surface area is 174 Å². The number of nitrogens with one attached hydrogen (secondary N) is 1. The predicted octanol–water partition coefficient (Wildman–Crippen LogP) is 5.16. The summed E-state index contributed by atoms with van der Waals surface area (Å²) in [7, 11) is 0. The molecule has 1 amide bonds. The van der Waals surface area contributed by atoms with Crippen molar-refractivity contribution in [3.05, 3.63) is 76.9 Å². The van der Waals surface area contributed by atoms with Crippen LogP contribution in [0.15, 0.2) is 36.5 Å². The van der Waals surface area contributed by atoms with Gasteiger partial charge in [0, 0.05) is 6.20 Å². The van der Waals surface area contributed by atoms with Crippen LogP contribution in [0.3, 0.4) is 0 Å². The third-order valence-electron chi connectivity index (χ3n) is 4.41. The number of nitrogens with zero attached hydrogens (tertiary/aromatic N) is 2. The van der Waals surface area contributed by atoms with E-state index < -0.39 is 40.7 Å². The van der Waals surface area contributed by atoms with Crippen molar-refractivity contribution in [2.24, 2.45) is 0 Å². The van der Waals surface area contributed by atoms with E-state index in [1.807, 2.05) is 12.1 Å². The van der Waals surface area contributed by atoms with Crippen LogP contribution in [-0.4, -0.2) is 15.7 Å². The number of carbonyl (C=O) groups excluding carboxylic acids is 1. The van der Waals surface area contributed by atoms with Gasteiger partial charge in [0.05, 0.1) is 0 Å². The van der Waals surface area contributed by atoms with Gasteiger partial charge in [-0.2, -0.15) is 5.10 Å². The lowest BCUT2D eigenvalue weighted by Gasteiger charge is -2.19. The maximum Gasteiger partial charge on any atom is 0.276 e. The molecule has 0 unspecified atom stereocenters. The minimum absolute atomic E-state index is 0.0158. The van der Waals surface area contributed by atoms with Crippen LogP contribution in [0.5, 0.6) is 5.75 Å². The Kier molecular flexibility index (Phi) is 6.01. The molecule has 0 aliphatic heterocycles. The van der Waals surface area contributed by atoms with Crippen molar-refractivity contribution < 1.29 is 31.5 Å². The maximum atomic E-state index is 13.7. The molecule has 0 saturated heterocycles. The lowest BCUT2D eigenvalue weighted by atomic mass is 9.87. The summed E-state index contributed by atoms with van der Waals surface area (Å²) in [6.07, 6.45) is 1.36. The molecule has 3 aromatic rings. The van der Waals surface area contributed by atoms with Gasteiger partial charge in [-0.15, -0.1) is 0 Å². The van der Waals surface area contributed by atoms with Crippen LogP contribution < -0.4 is 10.1 Å². The summed E-state index contributed by atoms with van der Waals surface area (Å²) < 4.78 is 73.8. The first-order valence-corrected chi connectivity index (χ1v) is 9.08. The maximum absolute atomic E-state index is 13.7. The van der Waals surface area contributed by atoms with Gasteiger partial charge in [-0.1, -0.05) is 32.9 Å². The van der Waals surface area contributed by atoms with Gasteiger partial charge in [0.2, 0.25) is 5.82 Å². The van der Waals surface area contributed by atoms with Gasteiger partial charge in [0.25, 0.3) is 5.91 Å². The number of ether oxygens (including phenoxy) is 1. The predicted molar refractivity (Wildman–Crippen MR) is 102 cm³/mol. The minimum atomic E-state index is -2.31. The summed E-state index contributed by atoms with van der Waals surface area (Å²) in [5, 5.41) is 5.53. The zero-order valence-electron chi connectivity index (χ0n) is 16.8. The fraction of sp³-hybridized carbons (Fsp3) is 0.238. The first-order chi connectivity index (χ1) is 14.5. The molecule has 0 spiro atoms. The Morgan fingerprint density at radius 1 is 0.935 bits per heavy atom. The summed E-state index contributed by atoms with van der Waals surface area (Å²) in [4.78, 5) is 12.1. The van der Waals surface area contributed by atoms with Crippen molar-refractivity contribution in [1.82, 2.24) is 9.78 Å². The van der Waals surface area contributed by atoms with Crippen LogP contribution >= 0.6 is 0 Å². The number of hydrogen-bond acceptors (Lipinski definition) is 3. The van der Waals surface area contributed by atoms with Gasteiger partial charge in [-0.25, -0.2) is 26.6 Å². The van der Waals surface area contributed by atoms with Crippen LogP contribution in [0, 0.1) is 29.1 Å². The second-order valence-electron chi connectivity index (χ2n) is 7.69. The summed E-state index contributed by atoms with van der Waals surface area (Å²) in [6.45, 7) is 6.15. The van der Waals surface area contributed by atoms with Gasteiger partial charge in [-0.3, -0.25) is 4.79 Å². The summed E-state index contributed by atoms with van der Waals surface area (Å²) in [5.41, 5.74) is -0.661. The molecule has 10 heteroatoms. The molecule has 1 aromatic heterocycles. The monoisotopic (exact) mass is 439 g/mol. The largest absolute Gasteiger partial charge is 0.471 e. The van der Waals surface area contributed by atoms with Gasteiger partial charge in [-0.05, 0) is 29.2 Å². The van der Waals surface area contributed by atoms with Crippen LogP contribution in [0.4, 0.5) is 27.6 Å². The Bertz CT molecular complexity index is 1090. The number of rotatable bonds is 5. The number of hydrogen-bond donors (Lipinski definition) is 1. The molecular weight excluding hydrogens is 421 g/mol. The third kappa shape index (κ3) is 4.68. The van der Waals surface area contributed by atoms with Crippen LogP contribution in [0.2, 0.25) is 0 Å². The smallest absolute Gasteiger partial charge is 0.276 e. The Balaban J connectivity index is 1.68. The van der Waals surface area contributed by atoms with Crippen molar-refractivity contribution in [2.75, 3.05) is 5.32 Å². The third-order valence-corrected chi connectivity index (χ3v) is 4.41. The van der Waals surface area contributed by atoms with Crippen LogP contribution in [-0.2, 0) is 12.1 Å². The molecule has 0 aliphatic rings. The number of amides is 1. The van der Waals surface area contributed by atoms with E-state index in [-0.39, 0.29) is 17.8 Å². The van der Waals surface area contributed by atoms with E-state index in [4.69, 9.17) is 4.74 Å². The Morgan fingerprint density at radius 3 is 2.03 bits per heavy atom. The van der Waals surface area contributed by atoms with Crippen LogP contribution in [0.1, 0.15) is 36.8 Å². The zero-order chi connectivity index (χ0) is 22.9. The number of benzene rings is 2. The molecule has 1 N–H and O–H groups in total. The first kappa shape index (κ1) is 22.3. The molecule has 0 saturated carbocycles. The fourth-order valence-corrected chi connectivity index (χ4v) is 2.64. The second kappa shape index (κ2) is 8.37. The second-order valence-corrected chi connectivity index (χ2v) is 7.69. The van der Waals surface area contributed by atoms with E-state index in [2.05, 4.69) is 25.9 Å². The van der Waals surface area contributed by atoms with Crippen molar-refractivity contribution in [1.29, 1.82) is 0 Å². The van der Waals surface area contributed by atoms with Crippen molar-refractivity contribution in [2.45, 2.75) is 32.9 Å². The highest BCUT2D eigenvalue weighted by Crippen LogP contribution is 2.27. The summed E-state index contributed by atoms with van der Waals surface area (Å²) in [5.74, 6) is -11.5. The fourth-order valence-electron chi connectivity index (χ4n) is 2.64. The van der Waals surface area contributed by atoms with Crippen molar-refractivity contribution >= 4 is 11.6 Å². The number of halogens is 5. The van der Waals surface area contributed by atoms with E-state index in [1.165, 1.54) is 16.9 Å². The molecule has 3 rings (SSSR count). The van der Waals surface area contributed by atoms with Gasteiger partial charge >= 0.3 is 0 Å². The molecule has 1 heterocycles. The van der Waals surface area contributed by atoms with E-state index >= 15 is 0 Å². The van der Waals surface area contributed by atoms with Gasteiger partial charge in [0.15, 0.2) is 35.7 Å². The molecule has 2 aromatic carbocycles. The van der Waals surface area contributed by atoms with Crippen LogP contribution in [0.25, 0.3) is 0 Å². The highest BCUT2D eigenvalue weighted by atomic mass is 19.2. The van der Waals surface area contributed by atoms with E-state index in [0.717, 1.165) is 5.56 Å². The quantitative estimate of drug-likeness (QED) is 0.339. The lowest BCUT2D eigenvalue weighted by Crippen LogP contribution is -2.18. The molecule has 31 heavy (non-hydrogen) atoms. The topological polar surface area (TPSA) is 56.1 Å². The number of carbonyl (C=O) groups is 1. The molecule has 0 bridgehead atoms. The Morgan fingerprint density at radius 2 is 1.48 bits per heavy atom. The summed E-state index contributed by atoms with van der Waals surface area (Å²) in [6, 6.07) is 8.60. The number of aromatic nitrogens is 2. The molecule has 0 radical (unpaired) electrons. The average Bonchev–Trinajstić information content (AvgIpc) is 3.21. The van der Waals surface area contributed by atoms with Gasteiger partial charge < -0.3 is 10.1 Å². The standard InChI is InChI=1S/C21H18F5N3O2/c1-21(2,3)11-4-6-12(7-5-11)31-10-29-9-8-13(28-29)20(30)27-19-17(25)15(23)14(22)16(24)18(19)26/h4-9H,10H2,1-3H3,(H,27,30). The molecule has 0 aliphatic carbocycles. The normalized spacial score (nSPS) is 11.5. The van der Waals surface area contributed by atoms with E-state index in [9.17, 15) is 26.7 Å². The first-order valence-electron chi connectivity index (χ1n) is 9.08. The summed E-state index contributed by atoms with van der Waals surface area (Å²) >= 11 is 0. The molecular formula is C21H18F5N3O2. The highest BCUT2D eigenvalue weighted by molar-refractivity contribution is 6.02.